The summed E-state index contributed by atoms with van der Waals surface area (Å²) in [5.41, 5.74) is 0. The third kappa shape index (κ3) is 2.54. The Morgan fingerprint density at radius 2 is 2.33 bits per heavy atom. The van der Waals surface area contributed by atoms with Crippen LogP contribution in [0.3, 0.4) is 0 Å². The van der Waals surface area contributed by atoms with E-state index in [4.69, 9.17) is 5.11 Å². The first kappa shape index (κ1) is 6.31. The maximum Gasteiger partial charge on any atom is 0.0547 e. The molecule has 0 fully saturated rings. The summed E-state index contributed by atoms with van der Waals surface area (Å²) in [6.07, 6.45) is 1.99. The van der Waals surface area contributed by atoms with Crippen LogP contribution in [0, 0.1) is 0 Å². The highest BCUT2D eigenvalue weighted by atomic mass is 32.2. The monoisotopic (exact) mass is 106 g/mol. The number of rotatable bonds is 2. The highest BCUT2D eigenvalue weighted by Crippen LogP contribution is 2.01. The molecule has 38 valence electrons. The molecule has 6 heavy (non-hydrogen) atoms. The van der Waals surface area contributed by atoms with Crippen molar-refractivity contribution in [2.45, 2.75) is 12.2 Å². The normalized spacial score (nSPS) is 14.5. The molecular weight excluding hydrogens is 96.1 g/mol. The van der Waals surface area contributed by atoms with E-state index < -0.39 is 0 Å². The molecule has 0 unspecified atom stereocenters. The molecule has 2 heteroatoms. The quantitative estimate of drug-likeness (QED) is 0.560. The lowest BCUT2D eigenvalue weighted by molar-refractivity contribution is 0.300. The van der Waals surface area contributed by atoms with Crippen molar-refractivity contribution in [1.29, 1.82) is 0 Å². The zero-order chi connectivity index (χ0) is 4.99. The van der Waals surface area contributed by atoms with Crippen LogP contribution in [-0.2, 0) is 0 Å². The predicted molar refractivity (Wildman–Crippen MR) is 30.1 cm³/mol. The summed E-state index contributed by atoms with van der Waals surface area (Å²) in [5, 5.41) is 8.72. The van der Waals surface area contributed by atoms with Gasteiger partial charge in [0.1, 0.15) is 0 Å². The van der Waals surface area contributed by atoms with Gasteiger partial charge in [0.25, 0.3) is 0 Å². The third-order valence-electron chi connectivity index (χ3n) is 0.659. The Labute approximate surface area is 42.8 Å². The number of hydrogen-bond acceptors (Lipinski definition) is 2. The summed E-state index contributed by atoms with van der Waals surface area (Å²) in [6.45, 7) is 2.28. The van der Waals surface area contributed by atoms with Gasteiger partial charge in [-0.1, -0.05) is 6.92 Å². The van der Waals surface area contributed by atoms with Gasteiger partial charge < -0.3 is 5.11 Å². The van der Waals surface area contributed by atoms with E-state index in [0.29, 0.717) is 11.9 Å². The SMILES string of the molecule is CS[C@H](C)CO. The maximum atomic E-state index is 8.31. The van der Waals surface area contributed by atoms with Crippen molar-refractivity contribution in [1.82, 2.24) is 0 Å². The average molecular weight is 106 g/mol. The molecule has 0 rings (SSSR count). The topological polar surface area (TPSA) is 20.2 Å². The van der Waals surface area contributed by atoms with Crippen molar-refractivity contribution in [2.24, 2.45) is 0 Å². The second-order valence-corrected chi connectivity index (χ2v) is 2.51. The summed E-state index contributed by atoms with van der Waals surface area (Å²) in [4.78, 5) is 0. The minimum Gasteiger partial charge on any atom is -0.395 e. The van der Waals surface area contributed by atoms with Crippen LogP contribution in [0.4, 0.5) is 0 Å². The van der Waals surface area contributed by atoms with Crippen LogP contribution in [0.25, 0.3) is 0 Å². The smallest absolute Gasteiger partial charge is 0.0547 e. The predicted octanol–water partition coefficient (Wildman–Crippen LogP) is 0.730. The molecule has 0 saturated carbocycles. The highest BCUT2D eigenvalue weighted by molar-refractivity contribution is 7.99. The van der Waals surface area contributed by atoms with E-state index in [2.05, 4.69) is 0 Å². The maximum absolute atomic E-state index is 8.31. The highest BCUT2D eigenvalue weighted by Gasteiger charge is 1.90. The van der Waals surface area contributed by atoms with Crippen LogP contribution >= 0.6 is 11.8 Å². The van der Waals surface area contributed by atoms with Gasteiger partial charge in [-0.2, -0.15) is 11.8 Å². The van der Waals surface area contributed by atoms with E-state index in [0.717, 1.165) is 0 Å². The molecule has 1 N–H and O–H groups in total. The van der Waals surface area contributed by atoms with E-state index in [1.165, 1.54) is 0 Å². The summed E-state index contributed by atoms with van der Waals surface area (Å²) in [7, 11) is 0. The summed E-state index contributed by atoms with van der Waals surface area (Å²) in [5.74, 6) is 0. The molecule has 0 heterocycles. The molecule has 0 amide bonds. The van der Waals surface area contributed by atoms with E-state index in [9.17, 15) is 0 Å². The number of aliphatic hydroxyl groups is 1. The van der Waals surface area contributed by atoms with Gasteiger partial charge >= 0.3 is 0 Å². The van der Waals surface area contributed by atoms with E-state index in [-0.39, 0.29) is 0 Å². The third-order valence-corrected chi connectivity index (χ3v) is 1.61. The molecular formula is C4H10OS. The van der Waals surface area contributed by atoms with E-state index in [1.807, 2.05) is 13.2 Å². The van der Waals surface area contributed by atoms with Gasteiger partial charge in [0.05, 0.1) is 6.61 Å². The number of hydrogen-bond donors (Lipinski definition) is 1. The molecule has 0 bridgehead atoms. The minimum atomic E-state index is 0.293. The fraction of sp³-hybridized carbons (Fsp3) is 1.00. The Bertz CT molecular complexity index is 26.7. The molecule has 0 saturated heterocycles. The van der Waals surface area contributed by atoms with Crippen LogP contribution < -0.4 is 0 Å². The van der Waals surface area contributed by atoms with Gasteiger partial charge in [-0.3, -0.25) is 0 Å². The van der Waals surface area contributed by atoms with Crippen LogP contribution in [0.5, 0.6) is 0 Å². The summed E-state index contributed by atoms with van der Waals surface area (Å²) >= 11 is 1.67. The van der Waals surface area contributed by atoms with Crippen molar-refractivity contribution in [2.75, 3.05) is 12.9 Å². The fourth-order valence-electron chi connectivity index (χ4n) is 0.0745. The van der Waals surface area contributed by atoms with Gasteiger partial charge in [0.15, 0.2) is 0 Å². The molecule has 1 nitrogen and oxygen atoms in total. The largest absolute Gasteiger partial charge is 0.395 e. The van der Waals surface area contributed by atoms with Crippen LogP contribution in [0.1, 0.15) is 6.92 Å². The van der Waals surface area contributed by atoms with Gasteiger partial charge in [-0.15, -0.1) is 0 Å². The lowest BCUT2D eigenvalue weighted by atomic mass is 10.5. The second kappa shape index (κ2) is 3.50. The van der Waals surface area contributed by atoms with Crippen LogP contribution in [-0.4, -0.2) is 23.2 Å². The molecule has 0 aromatic heterocycles. The molecule has 0 radical (unpaired) electrons. The fourth-order valence-corrected chi connectivity index (χ4v) is 0.224. The Morgan fingerprint density at radius 1 is 1.83 bits per heavy atom. The lowest BCUT2D eigenvalue weighted by Crippen LogP contribution is -1.99. The van der Waals surface area contributed by atoms with E-state index in [1.54, 1.807) is 11.8 Å². The number of thioether (sulfide) groups is 1. The van der Waals surface area contributed by atoms with Crippen molar-refractivity contribution < 1.29 is 5.11 Å². The Morgan fingerprint density at radius 3 is 2.33 bits per heavy atom. The number of aliphatic hydroxyl groups excluding tert-OH is 1. The zero-order valence-corrected chi connectivity index (χ0v) is 4.96. The second-order valence-electron chi connectivity index (χ2n) is 1.23. The van der Waals surface area contributed by atoms with Crippen molar-refractivity contribution >= 4 is 11.8 Å². The molecule has 0 aliphatic carbocycles. The first-order valence-corrected chi connectivity index (χ1v) is 3.23. The summed E-state index contributed by atoms with van der Waals surface area (Å²) in [6, 6.07) is 0. The Hall–Kier alpha value is 0.310. The first-order chi connectivity index (χ1) is 2.81. The van der Waals surface area contributed by atoms with Gasteiger partial charge in [-0.05, 0) is 6.26 Å². The van der Waals surface area contributed by atoms with Gasteiger partial charge in [-0.25, -0.2) is 0 Å². The standard InChI is InChI=1S/C4H10OS/c1-4(3-5)6-2/h4-5H,3H2,1-2H3/t4-/m1/s1. The van der Waals surface area contributed by atoms with E-state index >= 15 is 0 Å². The van der Waals surface area contributed by atoms with Crippen LogP contribution in [0.2, 0.25) is 0 Å². The zero-order valence-electron chi connectivity index (χ0n) is 4.14. The molecule has 0 aliphatic rings. The summed E-state index contributed by atoms with van der Waals surface area (Å²) < 4.78 is 0. The Kier molecular flexibility index (Phi) is 3.68. The van der Waals surface area contributed by atoms with Crippen molar-refractivity contribution in [3.05, 3.63) is 0 Å². The molecule has 0 spiro atoms. The van der Waals surface area contributed by atoms with Crippen molar-refractivity contribution in [3.8, 4) is 0 Å². The molecule has 1 atom stereocenters. The first-order valence-electron chi connectivity index (χ1n) is 1.95. The van der Waals surface area contributed by atoms with Crippen molar-refractivity contribution in [3.63, 3.8) is 0 Å². The molecule has 0 aliphatic heterocycles. The van der Waals surface area contributed by atoms with Gasteiger partial charge in [0, 0.05) is 5.25 Å². The van der Waals surface area contributed by atoms with Crippen LogP contribution in [0.15, 0.2) is 0 Å². The Balaban J connectivity index is 2.75. The minimum absolute atomic E-state index is 0.293. The molecule has 0 aromatic carbocycles. The van der Waals surface area contributed by atoms with Gasteiger partial charge in [0.2, 0.25) is 0 Å². The molecule has 0 aromatic rings. The average Bonchev–Trinajstić information content (AvgIpc) is 1.65. The lowest BCUT2D eigenvalue weighted by Gasteiger charge is -1.98.